The van der Waals surface area contributed by atoms with Crippen molar-refractivity contribution in [1.29, 1.82) is 0 Å². The Morgan fingerprint density at radius 3 is 2.58 bits per heavy atom. The molecule has 2 saturated heterocycles. The minimum atomic E-state index is -0.798. The summed E-state index contributed by atoms with van der Waals surface area (Å²) in [6.07, 6.45) is 4.17. The molecular formula is C21H26N8O4. The first-order valence-electron chi connectivity index (χ1n) is 11.0. The third-order valence-corrected chi connectivity index (χ3v) is 6.81. The van der Waals surface area contributed by atoms with Crippen LogP contribution in [0.2, 0.25) is 0 Å². The smallest absolute Gasteiger partial charge is 0.333 e. The second kappa shape index (κ2) is 7.96. The van der Waals surface area contributed by atoms with E-state index in [1.54, 1.807) is 17.0 Å². The molecule has 0 aromatic carbocycles. The normalized spacial score (nSPS) is 23.1. The number of ether oxygens (including phenoxy) is 1. The molecule has 0 aliphatic carbocycles. The fourth-order valence-electron chi connectivity index (χ4n) is 5.30. The lowest BCUT2D eigenvalue weighted by Gasteiger charge is -2.38. The highest BCUT2D eigenvalue weighted by molar-refractivity contribution is 5.91. The maximum absolute atomic E-state index is 13.5. The maximum atomic E-state index is 13.5. The van der Waals surface area contributed by atoms with Crippen molar-refractivity contribution in [1.82, 2.24) is 40.2 Å². The van der Waals surface area contributed by atoms with E-state index in [1.807, 2.05) is 13.8 Å². The van der Waals surface area contributed by atoms with Gasteiger partial charge < -0.3 is 19.6 Å². The van der Waals surface area contributed by atoms with Gasteiger partial charge in [0.25, 0.3) is 0 Å². The number of hydrogen-bond acceptors (Lipinski definition) is 10. The van der Waals surface area contributed by atoms with Gasteiger partial charge >= 0.3 is 5.97 Å². The molecule has 3 aliphatic heterocycles. The molecule has 0 bridgehead atoms. The highest BCUT2D eigenvalue weighted by atomic mass is 16.5. The summed E-state index contributed by atoms with van der Waals surface area (Å²) < 4.78 is 6.43. The van der Waals surface area contributed by atoms with Gasteiger partial charge in [0.1, 0.15) is 19.0 Å². The third kappa shape index (κ3) is 3.89. The van der Waals surface area contributed by atoms with Crippen molar-refractivity contribution in [2.75, 3.05) is 26.2 Å². The monoisotopic (exact) mass is 454 g/mol. The number of β-amino-alcohol motifs (C(OH)–C–C–N with tert-alkyl or cyclic N) is 1. The van der Waals surface area contributed by atoms with E-state index in [-0.39, 0.29) is 18.1 Å². The first-order chi connectivity index (χ1) is 15.8. The number of aliphatic hydroxyl groups excluding tert-OH is 1. The van der Waals surface area contributed by atoms with Gasteiger partial charge in [0.2, 0.25) is 5.91 Å². The number of carbonyl (C=O) groups is 2. The predicted octanol–water partition coefficient (Wildman–Crippen LogP) is 0.0195. The maximum Gasteiger partial charge on any atom is 0.333 e. The number of nitrogens with zero attached hydrogens (tertiary/aromatic N) is 8. The molecule has 1 amide bonds. The second-order valence-corrected chi connectivity index (χ2v) is 9.54. The first-order valence-corrected chi connectivity index (χ1v) is 11.0. The summed E-state index contributed by atoms with van der Waals surface area (Å²) in [5.41, 5.74) is 0.280. The summed E-state index contributed by atoms with van der Waals surface area (Å²) in [5.74, 6) is 0.140. The molecule has 5 heterocycles. The van der Waals surface area contributed by atoms with Gasteiger partial charge in [-0.25, -0.2) is 4.79 Å². The van der Waals surface area contributed by atoms with Crippen LogP contribution >= 0.6 is 0 Å². The van der Waals surface area contributed by atoms with Crippen molar-refractivity contribution in [3.05, 3.63) is 35.9 Å². The van der Waals surface area contributed by atoms with Gasteiger partial charge in [0.05, 0.1) is 16.8 Å². The Labute approximate surface area is 190 Å². The minimum Gasteiger partial charge on any atom is -0.456 e. The quantitative estimate of drug-likeness (QED) is 0.615. The summed E-state index contributed by atoms with van der Waals surface area (Å²) in [6, 6.07) is 3.41. The van der Waals surface area contributed by atoms with Gasteiger partial charge in [-0.1, -0.05) is 0 Å². The van der Waals surface area contributed by atoms with Crippen molar-refractivity contribution in [3.8, 4) is 5.82 Å². The van der Waals surface area contributed by atoms with Gasteiger partial charge in [0.15, 0.2) is 5.82 Å². The number of cyclic esters (lactones) is 1. The van der Waals surface area contributed by atoms with E-state index >= 15 is 0 Å². The lowest BCUT2D eigenvalue weighted by Crippen LogP contribution is -2.46. The Kier molecular flexibility index (Phi) is 5.20. The Hall–Kier alpha value is -3.25. The zero-order valence-corrected chi connectivity index (χ0v) is 18.6. The van der Waals surface area contributed by atoms with E-state index in [4.69, 9.17) is 4.74 Å². The molecule has 2 aromatic rings. The van der Waals surface area contributed by atoms with Crippen LogP contribution in [0.4, 0.5) is 0 Å². The fraction of sp³-hybridized carbons (Fsp3) is 0.571. The number of aliphatic hydroxyl groups is 1. The summed E-state index contributed by atoms with van der Waals surface area (Å²) in [6.45, 7) is 6.02. The largest absolute Gasteiger partial charge is 0.456 e. The van der Waals surface area contributed by atoms with Crippen LogP contribution in [-0.4, -0.2) is 89.0 Å². The van der Waals surface area contributed by atoms with Gasteiger partial charge in [-0.2, -0.15) is 9.78 Å². The number of aromatic nitrogens is 6. The van der Waals surface area contributed by atoms with Crippen molar-refractivity contribution >= 4 is 11.9 Å². The standard InChI is InChI=1S/C21H26N8O4/c1-20(2)12-21(19(32)29(20)14-9-18(31)33-11-14)5-7-27(8-6-21)10-16(30)15-3-4-17(24-23-15)28-13-22-25-26-28/h3-4,9,13,16,30H,5-8,10-12H2,1-2H3. The van der Waals surface area contributed by atoms with Crippen LogP contribution in [0.25, 0.3) is 5.82 Å². The lowest BCUT2D eigenvalue weighted by molar-refractivity contribution is -0.139. The first kappa shape index (κ1) is 21.6. The van der Waals surface area contributed by atoms with E-state index in [0.717, 1.165) is 6.42 Å². The third-order valence-electron chi connectivity index (χ3n) is 6.81. The fourth-order valence-corrected chi connectivity index (χ4v) is 5.30. The molecule has 1 spiro atoms. The van der Waals surface area contributed by atoms with Crippen LogP contribution in [0.5, 0.6) is 0 Å². The molecule has 12 heteroatoms. The zero-order chi connectivity index (χ0) is 23.2. The molecule has 1 atom stereocenters. The Morgan fingerprint density at radius 2 is 1.97 bits per heavy atom. The van der Waals surface area contributed by atoms with Gasteiger partial charge in [-0.15, -0.1) is 10.2 Å². The number of carbonyl (C=O) groups excluding carboxylic acids is 2. The van der Waals surface area contributed by atoms with E-state index in [2.05, 4.69) is 30.6 Å². The minimum absolute atomic E-state index is 0.0707. The van der Waals surface area contributed by atoms with Crippen LogP contribution in [0.1, 0.15) is 44.9 Å². The molecule has 2 aromatic heterocycles. The molecular weight excluding hydrogens is 428 g/mol. The molecule has 0 saturated carbocycles. The highest BCUT2D eigenvalue weighted by Gasteiger charge is 2.57. The predicted molar refractivity (Wildman–Crippen MR) is 112 cm³/mol. The van der Waals surface area contributed by atoms with Crippen LogP contribution < -0.4 is 0 Å². The number of piperidine rings is 1. The van der Waals surface area contributed by atoms with Crippen LogP contribution in [0.15, 0.2) is 30.2 Å². The van der Waals surface area contributed by atoms with Crippen molar-refractivity contribution < 1.29 is 19.4 Å². The van der Waals surface area contributed by atoms with Crippen molar-refractivity contribution in [2.24, 2.45) is 5.41 Å². The molecule has 12 nitrogen and oxygen atoms in total. The average Bonchev–Trinajstić information content (AvgIpc) is 3.50. The average molecular weight is 454 g/mol. The Balaban J connectivity index is 1.21. The number of tetrazole rings is 1. The molecule has 33 heavy (non-hydrogen) atoms. The van der Waals surface area contributed by atoms with Gasteiger partial charge in [-0.3, -0.25) is 4.79 Å². The lowest BCUT2D eigenvalue weighted by atomic mass is 9.74. The molecule has 1 N–H and O–H groups in total. The van der Waals surface area contributed by atoms with Crippen LogP contribution in [0, 0.1) is 5.41 Å². The number of likely N-dealkylation sites (tertiary alicyclic amines) is 2. The van der Waals surface area contributed by atoms with E-state index < -0.39 is 17.5 Å². The number of hydrogen-bond donors (Lipinski definition) is 1. The van der Waals surface area contributed by atoms with E-state index in [9.17, 15) is 14.7 Å². The van der Waals surface area contributed by atoms with Gasteiger partial charge in [0, 0.05) is 18.2 Å². The zero-order valence-electron chi connectivity index (χ0n) is 18.6. The Bertz CT molecular complexity index is 1070. The van der Waals surface area contributed by atoms with Gasteiger partial charge in [-0.05, 0) is 68.8 Å². The van der Waals surface area contributed by atoms with E-state index in [0.29, 0.717) is 49.7 Å². The summed E-state index contributed by atoms with van der Waals surface area (Å²) in [4.78, 5) is 29.0. The summed E-state index contributed by atoms with van der Waals surface area (Å²) in [5, 5.41) is 29.8. The molecule has 2 fully saturated rings. The molecule has 0 radical (unpaired) electrons. The molecule has 174 valence electrons. The summed E-state index contributed by atoms with van der Waals surface area (Å²) >= 11 is 0. The molecule has 1 unspecified atom stereocenters. The number of rotatable bonds is 5. The van der Waals surface area contributed by atoms with Crippen molar-refractivity contribution in [3.63, 3.8) is 0 Å². The Morgan fingerprint density at radius 1 is 1.18 bits per heavy atom. The highest BCUT2D eigenvalue weighted by Crippen LogP contribution is 2.50. The number of amides is 1. The van der Waals surface area contributed by atoms with Crippen LogP contribution in [0.3, 0.4) is 0 Å². The molecule has 5 rings (SSSR count). The topological polar surface area (TPSA) is 139 Å². The van der Waals surface area contributed by atoms with Crippen molar-refractivity contribution in [2.45, 2.75) is 44.8 Å². The van der Waals surface area contributed by atoms with Crippen LogP contribution in [-0.2, 0) is 14.3 Å². The summed E-state index contributed by atoms with van der Waals surface area (Å²) in [7, 11) is 0. The number of esters is 1. The second-order valence-electron chi connectivity index (χ2n) is 9.54. The SMILES string of the molecule is CC1(C)CC2(CCN(CC(O)c3ccc(-n4cnnn4)nn3)CC2)C(=O)N1C1=CC(=O)OC1. The van der Waals surface area contributed by atoms with E-state index in [1.165, 1.54) is 17.1 Å². The molecule has 3 aliphatic rings.